The van der Waals surface area contributed by atoms with Crippen molar-refractivity contribution in [3.8, 4) is 0 Å². The van der Waals surface area contributed by atoms with Crippen LogP contribution in [-0.4, -0.2) is 18.6 Å². The average molecular weight is 370 g/mol. The third-order valence-electron chi connectivity index (χ3n) is 4.57. The third-order valence-corrected chi connectivity index (χ3v) is 4.57. The highest BCUT2D eigenvalue weighted by atomic mass is 19.4. The lowest BCUT2D eigenvalue weighted by molar-refractivity contribution is -0.245. The maximum Gasteiger partial charge on any atom is 0.395 e. The normalized spacial score (nSPS) is 23.7. The molecule has 0 aliphatic carbocycles. The Balaban J connectivity index is 2.19. The first kappa shape index (κ1) is 18.5. The number of alkyl halides is 3. The Morgan fingerprint density at radius 2 is 1.50 bits per heavy atom. The number of hydrogen-bond acceptors (Lipinski definition) is 2. The van der Waals surface area contributed by atoms with Crippen LogP contribution in [0.25, 0.3) is 0 Å². The summed E-state index contributed by atoms with van der Waals surface area (Å²) in [5.41, 5.74) is -2.51. The Labute approximate surface area is 146 Å². The molecule has 2 nitrogen and oxygen atoms in total. The number of Topliss-reactive ketones (excluding diaryl/α,β-unsaturated/α-hetero) is 1. The lowest BCUT2D eigenvalue weighted by Crippen LogP contribution is -2.53. The van der Waals surface area contributed by atoms with Crippen LogP contribution >= 0.6 is 0 Å². The second-order valence-corrected chi connectivity index (χ2v) is 6.16. The number of carbonyl (C=O) groups is 1. The van der Waals surface area contributed by atoms with Gasteiger partial charge in [-0.15, -0.1) is 0 Å². The van der Waals surface area contributed by atoms with Crippen LogP contribution in [-0.2, 0) is 10.3 Å². The molecule has 138 valence electrons. The molecule has 1 heterocycles. The van der Waals surface area contributed by atoms with Crippen LogP contribution in [0.4, 0.5) is 22.0 Å². The summed E-state index contributed by atoms with van der Waals surface area (Å²) in [6.45, 7) is -0.0448. The molecule has 3 rings (SSSR count). The minimum Gasteiger partial charge on any atom is -0.361 e. The van der Waals surface area contributed by atoms with Gasteiger partial charge in [-0.2, -0.15) is 13.2 Å². The van der Waals surface area contributed by atoms with Crippen LogP contribution in [0.3, 0.4) is 0 Å². The van der Waals surface area contributed by atoms with Gasteiger partial charge in [0.1, 0.15) is 11.6 Å². The summed E-state index contributed by atoms with van der Waals surface area (Å²) in [7, 11) is 0. The summed E-state index contributed by atoms with van der Waals surface area (Å²) in [5.74, 6) is -4.27. The largest absolute Gasteiger partial charge is 0.395 e. The van der Waals surface area contributed by atoms with Crippen LogP contribution in [0.5, 0.6) is 0 Å². The molecule has 0 N–H and O–H groups in total. The second-order valence-electron chi connectivity index (χ2n) is 6.16. The van der Waals surface area contributed by atoms with Crippen molar-refractivity contribution in [2.45, 2.75) is 24.6 Å². The summed E-state index contributed by atoms with van der Waals surface area (Å²) in [6.07, 6.45) is -4.86. The molecule has 2 aromatic rings. The number of rotatable bonds is 3. The highest BCUT2D eigenvalue weighted by molar-refractivity contribution is 6.03. The molecular formula is C19H15F5O2. The highest BCUT2D eigenvalue weighted by Gasteiger charge is 2.60. The fraction of sp³-hybridized carbons (Fsp3) is 0.316. The van der Waals surface area contributed by atoms with Crippen LogP contribution < -0.4 is 0 Å². The summed E-state index contributed by atoms with van der Waals surface area (Å²) < 4.78 is 73.3. The summed E-state index contributed by atoms with van der Waals surface area (Å²) in [5, 5.41) is 0. The first-order chi connectivity index (χ1) is 12.2. The average Bonchev–Trinajstić information content (AvgIpc) is 2.61. The van der Waals surface area contributed by atoms with E-state index in [0.29, 0.717) is 0 Å². The fourth-order valence-corrected chi connectivity index (χ4v) is 3.37. The summed E-state index contributed by atoms with van der Waals surface area (Å²) in [4.78, 5) is 13.1. The van der Waals surface area contributed by atoms with E-state index in [2.05, 4.69) is 0 Å². The Morgan fingerprint density at radius 3 is 2.04 bits per heavy atom. The highest BCUT2D eigenvalue weighted by Crippen LogP contribution is 2.50. The Morgan fingerprint density at radius 1 is 0.962 bits per heavy atom. The number of hydrogen-bond donors (Lipinski definition) is 0. The van der Waals surface area contributed by atoms with Crippen molar-refractivity contribution in [2.24, 2.45) is 5.92 Å². The maximum atomic E-state index is 13.8. The zero-order valence-corrected chi connectivity index (χ0v) is 13.5. The van der Waals surface area contributed by atoms with Crippen molar-refractivity contribution in [3.63, 3.8) is 0 Å². The van der Waals surface area contributed by atoms with E-state index in [9.17, 15) is 26.7 Å². The summed E-state index contributed by atoms with van der Waals surface area (Å²) >= 11 is 0. The third kappa shape index (κ3) is 3.23. The van der Waals surface area contributed by atoms with Gasteiger partial charge in [0.2, 0.25) is 0 Å². The topological polar surface area (TPSA) is 26.3 Å². The predicted octanol–water partition coefficient (Wildman–Crippen LogP) is 5.03. The van der Waals surface area contributed by atoms with Crippen LogP contribution in [0.15, 0.2) is 48.5 Å². The van der Waals surface area contributed by atoms with E-state index in [0.717, 1.165) is 48.5 Å². The zero-order chi connectivity index (χ0) is 18.9. The predicted molar refractivity (Wildman–Crippen MR) is 83.5 cm³/mol. The van der Waals surface area contributed by atoms with Gasteiger partial charge in [0.05, 0.1) is 5.92 Å². The van der Waals surface area contributed by atoms with Gasteiger partial charge in [-0.25, -0.2) is 8.78 Å². The van der Waals surface area contributed by atoms with Gasteiger partial charge in [0.15, 0.2) is 11.4 Å². The van der Waals surface area contributed by atoms with Crippen molar-refractivity contribution < 1.29 is 31.5 Å². The minimum absolute atomic E-state index is 0.0448. The first-order valence-corrected chi connectivity index (χ1v) is 8.02. The van der Waals surface area contributed by atoms with Crippen molar-refractivity contribution in [3.05, 3.63) is 71.3 Å². The molecule has 0 amide bonds. The van der Waals surface area contributed by atoms with E-state index in [1.807, 2.05) is 0 Å². The van der Waals surface area contributed by atoms with E-state index >= 15 is 0 Å². The number of carbonyl (C=O) groups excluding carboxylic acids is 1. The number of benzene rings is 2. The molecule has 1 saturated heterocycles. The lowest BCUT2D eigenvalue weighted by Gasteiger charge is -2.43. The van der Waals surface area contributed by atoms with Crippen molar-refractivity contribution in [1.82, 2.24) is 0 Å². The number of halogens is 5. The van der Waals surface area contributed by atoms with Crippen molar-refractivity contribution >= 4 is 5.78 Å². The molecule has 1 fully saturated rings. The van der Waals surface area contributed by atoms with E-state index in [1.165, 1.54) is 0 Å². The standard InChI is InChI=1S/C19H15F5O2/c20-14-7-3-12(4-8-14)17(25)18(13-5-9-15(21)10-6-13)16(19(22,23)24)2-1-11-26-18/h3-10,16H,1-2,11H2/t16-,18+/m0/s1. The minimum atomic E-state index is -4.70. The van der Waals surface area contributed by atoms with Crippen LogP contribution in [0.1, 0.15) is 28.8 Å². The molecule has 26 heavy (non-hydrogen) atoms. The Bertz CT molecular complexity index is 783. The number of ether oxygens (including phenoxy) is 1. The van der Waals surface area contributed by atoms with Crippen LogP contribution in [0, 0.1) is 17.6 Å². The van der Waals surface area contributed by atoms with Gasteiger partial charge >= 0.3 is 6.18 Å². The molecule has 2 atom stereocenters. The molecule has 0 spiro atoms. The zero-order valence-electron chi connectivity index (χ0n) is 13.5. The Hall–Kier alpha value is -2.28. The Kier molecular flexibility index (Phi) is 4.84. The second kappa shape index (κ2) is 6.79. The molecule has 1 aliphatic heterocycles. The van der Waals surface area contributed by atoms with Gasteiger partial charge in [0.25, 0.3) is 0 Å². The van der Waals surface area contributed by atoms with E-state index in [1.54, 1.807) is 0 Å². The molecule has 2 aromatic carbocycles. The van der Waals surface area contributed by atoms with Gasteiger partial charge < -0.3 is 4.74 Å². The molecule has 7 heteroatoms. The molecule has 0 bridgehead atoms. The molecule has 0 unspecified atom stereocenters. The van der Waals surface area contributed by atoms with E-state index < -0.39 is 35.1 Å². The van der Waals surface area contributed by atoms with E-state index in [-0.39, 0.29) is 30.6 Å². The molecular weight excluding hydrogens is 355 g/mol. The smallest absolute Gasteiger partial charge is 0.361 e. The van der Waals surface area contributed by atoms with Gasteiger partial charge in [0, 0.05) is 12.2 Å². The maximum absolute atomic E-state index is 13.8. The molecule has 0 aromatic heterocycles. The monoisotopic (exact) mass is 370 g/mol. The fourth-order valence-electron chi connectivity index (χ4n) is 3.37. The quantitative estimate of drug-likeness (QED) is 0.559. The SMILES string of the molecule is O=C(c1ccc(F)cc1)[C@]1(c2ccc(F)cc2)OCCC[C@@H]1C(F)(F)F. The van der Waals surface area contributed by atoms with Crippen molar-refractivity contribution in [2.75, 3.05) is 6.61 Å². The molecule has 1 aliphatic rings. The van der Waals surface area contributed by atoms with Gasteiger partial charge in [-0.3, -0.25) is 4.79 Å². The van der Waals surface area contributed by atoms with Gasteiger partial charge in [-0.1, -0.05) is 12.1 Å². The molecule has 0 radical (unpaired) electrons. The van der Waals surface area contributed by atoms with Crippen molar-refractivity contribution in [1.29, 1.82) is 0 Å². The van der Waals surface area contributed by atoms with Gasteiger partial charge in [-0.05, 0) is 54.8 Å². The van der Waals surface area contributed by atoms with Crippen LogP contribution in [0.2, 0.25) is 0 Å². The summed E-state index contributed by atoms with van der Waals surface area (Å²) in [6, 6.07) is 8.46. The van der Waals surface area contributed by atoms with E-state index in [4.69, 9.17) is 4.74 Å². The number of ketones is 1. The lowest BCUT2D eigenvalue weighted by atomic mass is 9.72. The molecule has 0 saturated carbocycles. The first-order valence-electron chi connectivity index (χ1n) is 8.02.